The first-order chi connectivity index (χ1) is 21.9. The number of nitrogens with zero attached hydrogens (tertiary/aromatic N) is 4. The van der Waals surface area contributed by atoms with Crippen LogP contribution < -0.4 is 10.6 Å². The molecule has 45 heavy (non-hydrogen) atoms. The Morgan fingerprint density at radius 3 is 2.27 bits per heavy atom. The summed E-state index contributed by atoms with van der Waals surface area (Å²) in [5, 5.41) is 6.26. The molecule has 2 N–H and O–H groups in total. The number of nitrogens with one attached hydrogen (secondary N) is 2. The van der Waals surface area contributed by atoms with Crippen LogP contribution in [0.4, 0.5) is 4.39 Å². The molecule has 3 aliphatic heterocycles. The minimum absolute atomic E-state index is 0.00843. The lowest BCUT2D eigenvalue weighted by molar-refractivity contribution is -0.138. The van der Waals surface area contributed by atoms with Gasteiger partial charge in [-0.2, -0.15) is 0 Å². The van der Waals surface area contributed by atoms with E-state index in [4.69, 9.17) is 0 Å². The molecule has 6 rings (SSSR count). The number of halogens is 1. The van der Waals surface area contributed by atoms with Gasteiger partial charge in [-0.3, -0.25) is 24.1 Å². The van der Waals surface area contributed by atoms with Crippen LogP contribution in [-0.2, 0) is 14.4 Å². The second-order valence-corrected chi connectivity index (χ2v) is 13.7. The predicted molar refractivity (Wildman–Crippen MR) is 168 cm³/mol. The third-order valence-electron chi connectivity index (χ3n) is 10.6. The summed E-state index contributed by atoms with van der Waals surface area (Å²) in [4.78, 5) is 60.8. The van der Waals surface area contributed by atoms with Crippen LogP contribution in [-0.4, -0.2) is 121 Å². The molecule has 1 aromatic rings. The summed E-state index contributed by atoms with van der Waals surface area (Å²) in [7, 11) is 0. The highest BCUT2D eigenvalue weighted by atomic mass is 19.1. The van der Waals surface area contributed by atoms with Crippen LogP contribution in [0.5, 0.6) is 0 Å². The van der Waals surface area contributed by atoms with Crippen LogP contribution in [0.3, 0.4) is 0 Å². The van der Waals surface area contributed by atoms with Crippen molar-refractivity contribution in [3.8, 4) is 0 Å². The predicted octanol–water partition coefficient (Wildman–Crippen LogP) is 2.20. The number of amides is 4. The first kappa shape index (κ1) is 31.9. The normalized spacial score (nSPS) is 24.3. The van der Waals surface area contributed by atoms with Crippen molar-refractivity contribution >= 4 is 23.6 Å². The molecule has 10 nitrogen and oxygen atoms in total. The Labute approximate surface area is 266 Å². The molecule has 5 fully saturated rings. The number of carbonyl (C=O) groups excluding carboxylic acids is 4. The molecule has 2 saturated carbocycles. The summed E-state index contributed by atoms with van der Waals surface area (Å²) in [5.41, 5.74) is 0.436. The van der Waals surface area contributed by atoms with E-state index in [-0.39, 0.29) is 41.0 Å². The smallest absolute Gasteiger partial charge is 0.254 e. The van der Waals surface area contributed by atoms with Crippen molar-refractivity contribution in [1.82, 2.24) is 30.2 Å². The quantitative estimate of drug-likeness (QED) is 0.460. The molecular weight excluding hydrogens is 575 g/mol. The van der Waals surface area contributed by atoms with Crippen molar-refractivity contribution < 1.29 is 23.6 Å². The van der Waals surface area contributed by atoms with Crippen molar-refractivity contribution in [2.75, 3.05) is 72.0 Å². The highest BCUT2D eigenvalue weighted by molar-refractivity contribution is 5.98. The van der Waals surface area contributed by atoms with Crippen molar-refractivity contribution in [3.05, 3.63) is 35.1 Å². The lowest BCUT2D eigenvalue weighted by atomic mass is 9.83. The fraction of sp³-hybridized carbons (Fsp3) is 0.706. The maximum absolute atomic E-state index is 16.0. The van der Waals surface area contributed by atoms with Gasteiger partial charge >= 0.3 is 0 Å². The van der Waals surface area contributed by atoms with Crippen molar-refractivity contribution in [3.63, 3.8) is 0 Å². The SMILES string of the molecule is O=C(N[C@@H](C(=O)N1CCN(CC(=O)N2CCNCC2)CC1)C1CCCCC1)c1cccc(C2CCCN(C(=O)C3CC3)C2)c1F. The summed E-state index contributed by atoms with van der Waals surface area (Å²) in [5.74, 6) is -0.922. The molecule has 1 unspecified atom stereocenters. The highest BCUT2D eigenvalue weighted by Crippen LogP contribution is 2.35. The average Bonchev–Trinajstić information content (AvgIpc) is 3.94. The van der Waals surface area contributed by atoms with E-state index in [0.717, 1.165) is 84.0 Å². The molecule has 0 radical (unpaired) electrons. The van der Waals surface area contributed by atoms with Gasteiger partial charge in [-0.15, -0.1) is 0 Å². The first-order valence-electron chi connectivity index (χ1n) is 17.3. The van der Waals surface area contributed by atoms with E-state index < -0.39 is 17.8 Å². The molecule has 3 saturated heterocycles. The van der Waals surface area contributed by atoms with Gasteiger partial charge in [-0.05, 0) is 56.1 Å². The number of piperazine rings is 2. The zero-order valence-corrected chi connectivity index (χ0v) is 26.5. The second kappa shape index (κ2) is 14.6. The summed E-state index contributed by atoms with van der Waals surface area (Å²) < 4.78 is 16.0. The molecule has 1 aromatic carbocycles. The Kier molecular flexibility index (Phi) is 10.3. The Balaban J connectivity index is 1.10. The van der Waals surface area contributed by atoms with E-state index in [0.29, 0.717) is 51.4 Å². The second-order valence-electron chi connectivity index (χ2n) is 13.7. The largest absolute Gasteiger partial charge is 0.342 e. The number of carbonyl (C=O) groups is 4. The highest BCUT2D eigenvalue weighted by Gasteiger charge is 2.38. The number of hydrogen-bond acceptors (Lipinski definition) is 6. The van der Waals surface area contributed by atoms with E-state index in [2.05, 4.69) is 15.5 Å². The van der Waals surface area contributed by atoms with Crippen molar-refractivity contribution in [2.24, 2.45) is 11.8 Å². The number of hydrogen-bond donors (Lipinski definition) is 2. The monoisotopic (exact) mass is 624 g/mol. The number of benzene rings is 1. The standard InChI is InChI=1S/C34H49FN6O4/c35-30-27(26-8-5-15-41(22-26)33(44)25-11-12-25)9-4-10-28(30)32(43)37-31(24-6-2-1-3-7-24)34(45)40-20-18-38(19-21-40)23-29(42)39-16-13-36-14-17-39/h4,9-10,24-26,31,36H,1-3,5-8,11-23H2,(H,37,43)/t26?,31-/m1/s1. The average molecular weight is 625 g/mol. The van der Waals surface area contributed by atoms with Gasteiger partial charge in [-0.25, -0.2) is 4.39 Å². The molecule has 4 amide bonds. The molecule has 2 aliphatic carbocycles. The van der Waals surface area contributed by atoms with Crippen LogP contribution in [0.15, 0.2) is 18.2 Å². The van der Waals surface area contributed by atoms with Gasteiger partial charge < -0.3 is 25.3 Å². The summed E-state index contributed by atoms with van der Waals surface area (Å²) >= 11 is 0. The molecular formula is C34H49FN6O4. The Hall–Kier alpha value is -3.05. The third-order valence-corrected chi connectivity index (χ3v) is 10.6. The number of likely N-dealkylation sites (tertiary alicyclic amines) is 1. The molecule has 2 atom stereocenters. The van der Waals surface area contributed by atoms with E-state index in [1.165, 1.54) is 6.07 Å². The van der Waals surface area contributed by atoms with E-state index in [9.17, 15) is 19.2 Å². The van der Waals surface area contributed by atoms with Crippen LogP contribution in [0.2, 0.25) is 0 Å². The summed E-state index contributed by atoms with van der Waals surface area (Å²) in [6.07, 6.45) is 8.30. The molecule has 11 heteroatoms. The molecule has 246 valence electrons. The minimum atomic E-state index is -0.712. The van der Waals surface area contributed by atoms with E-state index >= 15 is 4.39 Å². The fourth-order valence-corrected chi connectivity index (χ4v) is 7.66. The maximum Gasteiger partial charge on any atom is 0.254 e. The van der Waals surface area contributed by atoms with E-state index in [1.807, 2.05) is 14.7 Å². The molecule has 0 bridgehead atoms. The first-order valence-corrected chi connectivity index (χ1v) is 17.3. The van der Waals surface area contributed by atoms with Crippen molar-refractivity contribution in [1.29, 1.82) is 0 Å². The number of rotatable bonds is 8. The molecule has 3 heterocycles. The van der Waals surface area contributed by atoms with Crippen molar-refractivity contribution in [2.45, 2.75) is 69.7 Å². The lowest BCUT2D eigenvalue weighted by Crippen LogP contribution is -2.58. The van der Waals surface area contributed by atoms with Gasteiger partial charge in [0.1, 0.15) is 11.9 Å². The fourth-order valence-electron chi connectivity index (χ4n) is 7.66. The van der Waals surface area contributed by atoms with Gasteiger partial charge in [0.25, 0.3) is 5.91 Å². The maximum atomic E-state index is 16.0. The molecule has 0 spiro atoms. The van der Waals surface area contributed by atoms with Crippen LogP contribution >= 0.6 is 0 Å². The minimum Gasteiger partial charge on any atom is -0.342 e. The molecule has 5 aliphatic rings. The lowest BCUT2D eigenvalue weighted by Gasteiger charge is -2.39. The Bertz CT molecular complexity index is 1240. The third kappa shape index (κ3) is 7.68. The van der Waals surface area contributed by atoms with E-state index in [1.54, 1.807) is 12.1 Å². The van der Waals surface area contributed by atoms with Crippen LogP contribution in [0.1, 0.15) is 79.6 Å². The van der Waals surface area contributed by atoms with Gasteiger partial charge in [-0.1, -0.05) is 31.4 Å². The van der Waals surface area contributed by atoms with Gasteiger partial charge in [0.2, 0.25) is 17.7 Å². The Morgan fingerprint density at radius 2 is 1.56 bits per heavy atom. The van der Waals surface area contributed by atoms with Gasteiger partial charge in [0.15, 0.2) is 0 Å². The van der Waals surface area contributed by atoms with Crippen LogP contribution in [0, 0.1) is 17.7 Å². The van der Waals surface area contributed by atoms with Crippen LogP contribution in [0.25, 0.3) is 0 Å². The summed E-state index contributed by atoms with van der Waals surface area (Å²) in [6.45, 7) is 6.82. The van der Waals surface area contributed by atoms with Gasteiger partial charge in [0, 0.05) is 77.3 Å². The zero-order valence-electron chi connectivity index (χ0n) is 26.5. The zero-order chi connectivity index (χ0) is 31.3. The topological polar surface area (TPSA) is 105 Å². The molecule has 0 aromatic heterocycles. The number of piperidine rings is 1. The van der Waals surface area contributed by atoms with Gasteiger partial charge in [0.05, 0.1) is 12.1 Å². The summed E-state index contributed by atoms with van der Waals surface area (Å²) in [6, 6.07) is 4.24. The Morgan fingerprint density at radius 1 is 0.822 bits per heavy atom.